The Morgan fingerprint density at radius 1 is 0.947 bits per heavy atom. The number of aliphatic hydroxyl groups excluding tert-OH is 1. The van der Waals surface area contributed by atoms with Gasteiger partial charge in [-0.05, 0) is 46.1 Å². The average Bonchev–Trinajstić information content (AvgIpc) is 2.25. The van der Waals surface area contributed by atoms with Gasteiger partial charge in [-0.1, -0.05) is 48.5 Å². The summed E-state index contributed by atoms with van der Waals surface area (Å²) in [5.41, 5.74) is 2.42. The highest BCUT2D eigenvalue weighted by Crippen LogP contribution is 2.41. The molecular weight excluding hydrogens is 236 g/mol. The van der Waals surface area contributed by atoms with E-state index >= 15 is 0 Å². The van der Waals surface area contributed by atoms with E-state index < -0.39 is 6.10 Å². The molecular formula is C17H28O2. The molecule has 1 aromatic rings. The summed E-state index contributed by atoms with van der Waals surface area (Å²) in [5.74, 6) is 0.368. The largest absolute Gasteiger partial charge is 0.507 e. The molecule has 0 saturated carbocycles. The highest BCUT2D eigenvalue weighted by Gasteiger charge is 2.27. The Morgan fingerprint density at radius 3 is 1.58 bits per heavy atom. The van der Waals surface area contributed by atoms with Crippen molar-refractivity contribution < 1.29 is 10.2 Å². The Labute approximate surface area is 117 Å². The first-order valence-electron chi connectivity index (χ1n) is 7.04. The molecule has 0 spiro atoms. The van der Waals surface area contributed by atoms with Gasteiger partial charge in [0.15, 0.2) is 0 Å². The fourth-order valence-corrected chi connectivity index (χ4v) is 2.23. The summed E-state index contributed by atoms with van der Waals surface area (Å²) in [7, 11) is 0. The minimum atomic E-state index is -0.470. The van der Waals surface area contributed by atoms with Crippen molar-refractivity contribution in [1.29, 1.82) is 0 Å². The highest BCUT2D eigenvalue weighted by molar-refractivity contribution is 5.50. The lowest BCUT2D eigenvalue weighted by atomic mass is 9.78. The van der Waals surface area contributed by atoms with Crippen LogP contribution in [0.3, 0.4) is 0 Å². The van der Waals surface area contributed by atoms with Crippen LogP contribution in [-0.2, 0) is 10.8 Å². The van der Waals surface area contributed by atoms with Crippen molar-refractivity contribution in [3.8, 4) is 5.75 Å². The van der Waals surface area contributed by atoms with E-state index in [-0.39, 0.29) is 10.8 Å². The van der Waals surface area contributed by atoms with Gasteiger partial charge in [0.2, 0.25) is 0 Å². The lowest BCUT2D eigenvalue weighted by molar-refractivity contribution is 0.173. The average molecular weight is 264 g/mol. The number of phenols is 1. The van der Waals surface area contributed by atoms with Gasteiger partial charge in [-0.2, -0.15) is 0 Å². The molecule has 19 heavy (non-hydrogen) atoms. The molecule has 0 bridgehead atoms. The SMILES string of the molecule is CC[C@H](O)c1cc(C(C)(C)C)c(O)c(C(C)(C)C)c1. The molecule has 1 aromatic carbocycles. The van der Waals surface area contributed by atoms with E-state index in [0.717, 1.165) is 16.7 Å². The Morgan fingerprint density at radius 2 is 1.32 bits per heavy atom. The number of hydrogen-bond acceptors (Lipinski definition) is 2. The molecule has 1 atom stereocenters. The summed E-state index contributed by atoms with van der Waals surface area (Å²) < 4.78 is 0. The Bertz CT molecular complexity index is 412. The molecule has 0 saturated heterocycles. The van der Waals surface area contributed by atoms with E-state index in [9.17, 15) is 10.2 Å². The summed E-state index contributed by atoms with van der Waals surface area (Å²) in [6, 6.07) is 3.89. The predicted molar refractivity (Wildman–Crippen MR) is 80.8 cm³/mol. The maximum absolute atomic E-state index is 10.6. The van der Waals surface area contributed by atoms with E-state index in [1.807, 2.05) is 19.1 Å². The van der Waals surface area contributed by atoms with Crippen molar-refractivity contribution in [2.24, 2.45) is 0 Å². The molecule has 1 rings (SSSR count). The minimum absolute atomic E-state index is 0.145. The molecule has 0 unspecified atom stereocenters. The van der Waals surface area contributed by atoms with Crippen molar-refractivity contribution in [2.75, 3.05) is 0 Å². The molecule has 2 heteroatoms. The van der Waals surface area contributed by atoms with Crippen molar-refractivity contribution >= 4 is 0 Å². The maximum atomic E-state index is 10.6. The van der Waals surface area contributed by atoms with Crippen LogP contribution in [0, 0.1) is 0 Å². The third-order valence-corrected chi connectivity index (χ3v) is 3.52. The Hall–Kier alpha value is -1.02. The van der Waals surface area contributed by atoms with Crippen LogP contribution in [0.25, 0.3) is 0 Å². The molecule has 0 fully saturated rings. The van der Waals surface area contributed by atoms with E-state index in [4.69, 9.17) is 0 Å². The Balaban J connectivity index is 3.57. The molecule has 108 valence electrons. The van der Waals surface area contributed by atoms with Crippen LogP contribution in [-0.4, -0.2) is 10.2 Å². The molecule has 0 heterocycles. The summed E-state index contributed by atoms with van der Waals surface area (Å²) >= 11 is 0. The zero-order chi connectivity index (χ0) is 15.0. The number of aromatic hydroxyl groups is 1. The molecule has 0 radical (unpaired) electrons. The minimum Gasteiger partial charge on any atom is -0.507 e. The van der Waals surface area contributed by atoms with Crippen LogP contribution in [0.15, 0.2) is 12.1 Å². The maximum Gasteiger partial charge on any atom is 0.123 e. The molecule has 0 aliphatic rings. The van der Waals surface area contributed by atoms with E-state index in [1.54, 1.807) is 0 Å². The van der Waals surface area contributed by atoms with Crippen LogP contribution >= 0.6 is 0 Å². The third-order valence-electron chi connectivity index (χ3n) is 3.52. The number of hydrogen-bond donors (Lipinski definition) is 2. The number of rotatable bonds is 2. The quantitative estimate of drug-likeness (QED) is 0.829. The first-order chi connectivity index (χ1) is 8.48. The third kappa shape index (κ3) is 3.50. The number of benzene rings is 1. The first-order valence-corrected chi connectivity index (χ1v) is 7.04. The topological polar surface area (TPSA) is 40.5 Å². The first kappa shape index (κ1) is 16.0. The van der Waals surface area contributed by atoms with Crippen LogP contribution < -0.4 is 0 Å². The lowest BCUT2D eigenvalue weighted by Crippen LogP contribution is -2.18. The van der Waals surface area contributed by atoms with Crippen LogP contribution in [0.4, 0.5) is 0 Å². The standard InChI is InChI=1S/C17H28O2/c1-8-14(18)11-9-12(16(2,3)4)15(19)13(10-11)17(5,6)7/h9-10,14,18-19H,8H2,1-7H3/t14-/m0/s1. The van der Waals surface area contributed by atoms with Crippen molar-refractivity contribution in [3.05, 3.63) is 28.8 Å². The molecule has 0 aromatic heterocycles. The summed E-state index contributed by atoms with van der Waals surface area (Å²) in [6.45, 7) is 14.4. The van der Waals surface area contributed by atoms with Gasteiger partial charge in [0.05, 0.1) is 6.10 Å². The monoisotopic (exact) mass is 264 g/mol. The molecule has 0 aliphatic carbocycles. The van der Waals surface area contributed by atoms with Crippen molar-refractivity contribution in [3.63, 3.8) is 0 Å². The van der Waals surface area contributed by atoms with Crippen molar-refractivity contribution in [2.45, 2.75) is 71.8 Å². The summed E-state index contributed by atoms with van der Waals surface area (Å²) in [6.07, 6.45) is 0.209. The molecule has 0 aliphatic heterocycles. The second kappa shape index (κ2) is 5.16. The van der Waals surface area contributed by atoms with Gasteiger partial charge < -0.3 is 10.2 Å². The van der Waals surface area contributed by atoms with Crippen molar-refractivity contribution in [1.82, 2.24) is 0 Å². The Kier molecular flexibility index (Phi) is 4.36. The van der Waals surface area contributed by atoms with E-state index in [0.29, 0.717) is 12.2 Å². The summed E-state index contributed by atoms with van der Waals surface area (Å²) in [5, 5.41) is 20.7. The van der Waals surface area contributed by atoms with Gasteiger partial charge in [0, 0.05) is 0 Å². The van der Waals surface area contributed by atoms with Crippen LogP contribution in [0.2, 0.25) is 0 Å². The number of aliphatic hydroxyl groups is 1. The van der Waals surface area contributed by atoms with Crippen LogP contribution in [0.5, 0.6) is 5.75 Å². The van der Waals surface area contributed by atoms with Gasteiger partial charge in [0.1, 0.15) is 5.75 Å². The fourth-order valence-electron chi connectivity index (χ4n) is 2.23. The van der Waals surface area contributed by atoms with Gasteiger partial charge in [0.25, 0.3) is 0 Å². The van der Waals surface area contributed by atoms with E-state index in [1.165, 1.54) is 0 Å². The van der Waals surface area contributed by atoms with E-state index in [2.05, 4.69) is 41.5 Å². The second-order valence-corrected chi connectivity index (χ2v) is 7.39. The smallest absolute Gasteiger partial charge is 0.123 e. The fraction of sp³-hybridized carbons (Fsp3) is 0.647. The molecule has 2 nitrogen and oxygen atoms in total. The molecule has 0 amide bonds. The number of phenolic OH excluding ortho intramolecular Hbond substituents is 1. The lowest BCUT2D eigenvalue weighted by Gasteiger charge is -2.29. The molecule has 2 N–H and O–H groups in total. The normalized spacial score (nSPS) is 14.5. The van der Waals surface area contributed by atoms with Crippen LogP contribution in [0.1, 0.15) is 77.7 Å². The zero-order valence-electron chi connectivity index (χ0n) is 13.3. The zero-order valence-corrected chi connectivity index (χ0v) is 13.3. The van der Waals surface area contributed by atoms with Gasteiger partial charge >= 0.3 is 0 Å². The predicted octanol–water partition coefficient (Wildman–Crippen LogP) is 4.43. The van der Waals surface area contributed by atoms with Gasteiger partial charge in [-0.25, -0.2) is 0 Å². The second-order valence-electron chi connectivity index (χ2n) is 7.39. The summed E-state index contributed by atoms with van der Waals surface area (Å²) in [4.78, 5) is 0. The highest BCUT2D eigenvalue weighted by atomic mass is 16.3. The van der Waals surface area contributed by atoms with Gasteiger partial charge in [-0.15, -0.1) is 0 Å². The van der Waals surface area contributed by atoms with Gasteiger partial charge in [-0.3, -0.25) is 0 Å².